The molecule has 0 bridgehead atoms. The lowest BCUT2D eigenvalue weighted by atomic mass is 10.3. The molecule has 86 valence electrons. The van der Waals surface area contributed by atoms with E-state index < -0.39 is 0 Å². The van der Waals surface area contributed by atoms with E-state index in [2.05, 4.69) is 13.2 Å². The molecule has 0 aliphatic carbocycles. The Labute approximate surface area is 105 Å². The molecule has 1 aromatic carbocycles. The molecule has 0 aromatic heterocycles. The van der Waals surface area contributed by atoms with Gasteiger partial charge < -0.3 is 9.47 Å². The van der Waals surface area contributed by atoms with Gasteiger partial charge in [0.25, 0.3) is 0 Å². The van der Waals surface area contributed by atoms with E-state index in [1.807, 2.05) is 0 Å². The van der Waals surface area contributed by atoms with Crippen LogP contribution in [0.15, 0.2) is 47.5 Å². The lowest BCUT2D eigenvalue weighted by molar-refractivity contribution is 0.349. The third kappa shape index (κ3) is 5.10. The number of hydrogen-bond acceptors (Lipinski definition) is 2. The van der Waals surface area contributed by atoms with Crippen molar-refractivity contribution < 1.29 is 9.47 Å². The Hall–Kier alpha value is -1.12. The van der Waals surface area contributed by atoms with Crippen molar-refractivity contribution in [1.82, 2.24) is 0 Å². The quantitative estimate of drug-likeness (QED) is 0.770. The Balaban J connectivity index is 2.47. The van der Waals surface area contributed by atoms with E-state index in [9.17, 15) is 0 Å². The van der Waals surface area contributed by atoms with Crippen LogP contribution in [0.3, 0.4) is 0 Å². The second-order valence-electron chi connectivity index (χ2n) is 3.08. The van der Waals surface area contributed by atoms with Crippen LogP contribution in [0.25, 0.3) is 0 Å². The SMILES string of the molecule is C=C(Cl)COc1ccc(OCC(=C)Cl)cc1. The molecule has 1 aromatic rings. The van der Waals surface area contributed by atoms with Gasteiger partial charge in [-0.15, -0.1) is 0 Å². The summed E-state index contributed by atoms with van der Waals surface area (Å²) in [6, 6.07) is 7.14. The van der Waals surface area contributed by atoms with E-state index in [-0.39, 0.29) is 0 Å². The largest absolute Gasteiger partial charge is 0.488 e. The lowest BCUT2D eigenvalue weighted by Gasteiger charge is -2.07. The molecule has 0 saturated heterocycles. The van der Waals surface area contributed by atoms with Crippen LogP contribution in [0.2, 0.25) is 0 Å². The highest BCUT2D eigenvalue weighted by Crippen LogP contribution is 2.18. The molecular formula is C12H12Cl2O2. The van der Waals surface area contributed by atoms with Crippen LogP contribution in [0.4, 0.5) is 0 Å². The molecule has 0 amide bonds. The Morgan fingerprint density at radius 1 is 0.875 bits per heavy atom. The molecule has 0 heterocycles. The first kappa shape index (κ1) is 12.9. The molecule has 1 rings (SSSR count). The first-order chi connectivity index (χ1) is 7.58. The van der Waals surface area contributed by atoms with Gasteiger partial charge in [0.15, 0.2) is 0 Å². The second-order valence-corrected chi connectivity index (χ2v) is 4.15. The van der Waals surface area contributed by atoms with Crippen molar-refractivity contribution in [2.45, 2.75) is 0 Å². The smallest absolute Gasteiger partial charge is 0.123 e. The second kappa shape index (κ2) is 6.46. The zero-order valence-corrected chi connectivity index (χ0v) is 10.2. The molecule has 4 heteroatoms. The van der Waals surface area contributed by atoms with Gasteiger partial charge in [0.05, 0.1) is 0 Å². The molecule has 0 saturated carbocycles. The summed E-state index contributed by atoms with van der Waals surface area (Å²) >= 11 is 11.1. The normalized spacial score (nSPS) is 9.62. The molecule has 0 N–H and O–H groups in total. The first-order valence-electron chi connectivity index (χ1n) is 4.60. The maximum atomic E-state index is 5.57. The number of halogens is 2. The van der Waals surface area contributed by atoms with Crippen LogP contribution in [0.5, 0.6) is 11.5 Å². The fourth-order valence-electron chi connectivity index (χ4n) is 0.955. The Morgan fingerprint density at radius 2 is 1.19 bits per heavy atom. The minimum Gasteiger partial charge on any atom is -0.488 e. The van der Waals surface area contributed by atoms with Gasteiger partial charge in [-0.25, -0.2) is 0 Å². The van der Waals surface area contributed by atoms with Gasteiger partial charge in [-0.1, -0.05) is 36.4 Å². The fourth-order valence-corrected chi connectivity index (χ4v) is 1.06. The van der Waals surface area contributed by atoms with Gasteiger partial charge in [0.2, 0.25) is 0 Å². The minimum atomic E-state index is 0.292. The number of ether oxygens (including phenoxy) is 2. The topological polar surface area (TPSA) is 18.5 Å². The maximum absolute atomic E-state index is 5.57. The summed E-state index contributed by atoms with van der Waals surface area (Å²) in [5.74, 6) is 1.41. The van der Waals surface area contributed by atoms with E-state index in [1.54, 1.807) is 24.3 Å². The van der Waals surface area contributed by atoms with Crippen molar-refractivity contribution >= 4 is 23.2 Å². The fraction of sp³-hybridized carbons (Fsp3) is 0.167. The van der Waals surface area contributed by atoms with Crippen LogP contribution in [-0.2, 0) is 0 Å². The monoisotopic (exact) mass is 258 g/mol. The standard InChI is InChI=1S/C12H12Cl2O2/c1-9(13)7-15-11-3-5-12(6-4-11)16-8-10(2)14/h3-6H,1-2,7-8H2. The Morgan fingerprint density at radius 3 is 1.44 bits per heavy atom. The average molecular weight is 259 g/mol. The van der Waals surface area contributed by atoms with E-state index in [1.165, 1.54) is 0 Å². The molecule has 0 fully saturated rings. The van der Waals surface area contributed by atoms with E-state index in [0.29, 0.717) is 34.8 Å². The van der Waals surface area contributed by atoms with Crippen molar-refractivity contribution in [2.24, 2.45) is 0 Å². The van der Waals surface area contributed by atoms with Gasteiger partial charge in [-0.05, 0) is 24.3 Å². The van der Waals surface area contributed by atoms with Crippen molar-refractivity contribution in [2.75, 3.05) is 13.2 Å². The summed E-state index contributed by atoms with van der Waals surface area (Å²) in [6.45, 7) is 7.64. The molecule has 0 aliphatic heterocycles. The summed E-state index contributed by atoms with van der Waals surface area (Å²) < 4.78 is 10.6. The van der Waals surface area contributed by atoms with Crippen LogP contribution >= 0.6 is 23.2 Å². The van der Waals surface area contributed by atoms with E-state index in [0.717, 1.165) is 0 Å². The highest BCUT2D eigenvalue weighted by molar-refractivity contribution is 6.29. The van der Waals surface area contributed by atoms with E-state index >= 15 is 0 Å². The first-order valence-corrected chi connectivity index (χ1v) is 5.36. The summed E-state index contributed by atoms with van der Waals surface area (Å²) in [4.78, 5) is 0. The molecule has 0 aliphatic rings. The van der Waals surface area contributed by atoms with Crippen LogP contribution in [-0.4, -0.2) is 13.2 Å². The Kier molecular flexibility index (Phi) is 5.23. The Bertz CT molecular complexity index is 334. The van der Waals surface area contributed by atoms with Crippen LogP contribution < -0.4 is 9.47 Å². The molecule has 0 atom stereocenters. The zero-order chi connectivity index (χ0) is 12.0. The summed E-state index contributed by atoms with van der Waals surface area (Å²) in [5.41, 5.74) is 0. The van der Waals surface area contributed by atoms with Crippen LogP contribution in [0, 0.1) is 0 Å². The predicted molar refractivity (Wildman–Crippen MR) is 67.4 cm³/mol. The molecule has 0 spiro atoms. The van der Waals surface area contributed by atoms with E-state index in [4.69, 9.17) is 32.7 Å². The highest BCUT2D eigenvalue weighted by Gasteiger charge is 1.97. The molecule has 0 radical (unpaired) electrons. The van der Waals surface area contributed by atoms with Gasteiger partial charge in [-0.3, -0.25) is 0 Å². The third-order valence-electron chi connectivity index (χ3n) is 1.61. The molecular weight excluding hydrogens is 247 g/mol. The molecule has 2 nitrogen and oxygen atoms in total. The highest BCUT2D eigenvalue weighted by atomic mass is 35.5. The summed E-state index contributed by atoms with van der Waals surface area (Å²) in [5, 5.41) is 0.914. The predicted octanol–water partition coefficient (Wildman–Crippen LogP) is 3.95. The van der Waals surface area contributed by atoms with Crippen molar-refractivity contribution in [3.63, 3.8) is 0 Å². The van der Waals surface area contributed by atoms with Gasteiger partial charge in [0, 0.05) is 10.1 Å². The third-order valence-corrected chi connectivity index (χ3v) is 1.83. The number of benzene rings is 1. The van der Waals surface area contributed by atoms with Crippen molar-refractivity contribution in [1.29, 1.82) is 0 Å². The van der Waals surface area contributed by atoms with Gasteiger partial charge >= 0.3 is 0 Å². The molecule has 16 heavy (non-hydrogen) atoms. The minimum absolute atomic E-state index is 0.292. The number of hydrogen-bond donors (Lipinski definition) is 0. The zero-order valence-electron chi connectivity index (χ0n) is 8.71. The van der Waals surface area contributed by atoms with Crippen LogP contribution in [0.1, 0.15) is 0 Å². The van der Waals surface area contributed by atoms with Crippen molar-refractivity contribution in [3.05, 3.63) is 47.5 Å². The number of rotatable bonds is 6. The van der Waals surface area contributed by atoms with Crippen molar-refractivity contribution in [3.8, 4) is 11.5 Å². The van der Waals surface area contributed by atoms with Gasteiger partial charge in [-0.2, -0.15) is 0 Å². The summed E-state index contributed by atoms with van der Waals surface area (Å²) in [6.07, 6.45) is 0. The average Bonchev–Trinajstić information content (AvgIpc) is 2.25. The van der Waals surface area contributed by atoms with Gasteiger partial charge in [0.1, 0.15) is 24.7 Å². The summed E-state index contributed by atoms with van der Waals surface area (Å²) in [7, 11) is 0. The maximum Gasteiger partial charge on any atom is 0.123 e. The lowest BCUT2D eigenvalue weighted by Crippen LogP contribution is -1.98. The molecule has 0 unspecified atom stereocenters.